The summed E-state index contributed by atoms with van der Waals surface area (Å²) >= 11 is 7.61. The Morgan fingerprint density at radius 2 is 2.08 bits per heavy atom. The molecule has 0 saturated carbocycles. The SMILES string of the molecule is Cc1ccc(NC(=O)c2sc(CCN3CCCC3)nc2C)cc1Cl. The molecular weight excluding hydrogens is 342 g/mol. The lowest BCUT2D eigenvalue weighted by Crippen LogP contribution is -2.21. The number of aromatic nitrogens is 1. The molecule has 2 aromatic rings. The molecular formula is C18H22ClN3OS. The molecule has 1 N–H and O–H groups in total. The van der Waals surface area contributed by atoms with E-state index >= 15 is 0 Å². The Balaban J connectivity index is 1.64. The first-order valence-corrected chi connectivity index (χ1v) is 9.48. The number of hydrogen-bond acceptors (Lipinski definition) is 4. The van der Waals surface area contributed by atoms with Gasteiger partial charge in [-0.3, -0.25) is 4.79 Å². The summed E-state index contributed by atoms with van der Waals surface area (Å²) in [6.45, 7) is 7.24. The van der Waals surface area contributed by atoms with Crippen molar-refractivity contribution in [1.82, 2.24) is 9.88 Å². The standard InChI is InChI=1S/C18H22ClN3OS/c1-12-5-6-14(11-15(12)19)21-18(23)17-13(2)20-16(24-17)7-10-22-8-3-4-9-22/h5-6,11H,3-4,7-10H2,1-2H3,(H,21,23). The van der Waals surface area contributed by atoms with E-state index in [1.807, 2.05) is 26.0 Å². The third-order valence-electron chi connectivity index (χ3n) is 4.32. The molecule has 24 heavy (non-hydrogen) atoms. The van der Waals surface area contributed by atoms with Crippen LogP contribution in [0.2, 0.25) is 5.02 Å². The van der Waals surface area contributed by atoms with Crippen molar-refractivity contribution in [3.8, 4) is 0 Å². The quantitative estimate of drug-likeness (QED) is 0.861. The highest BCUT2D eigenvalue weighted by molar-refractivity contribution is 7.13. The van der Waals surface area contributed by atoms with Crippen LogP contribution < -0.4 is 5.32 Å². The fourth-order valence-corrected chi connectivity index (χ4v) is 4.02. The fourth-order valence-electron chi connectivity index (χ4n) is 2.89. The molecule has 6 heteroatoms. The minimum Gasteiger partial charge on any atom is -0.321 e. The molecule has 0 spiro atoms. The topological polar surface area (TPSA) is 45.2 Å². The number of benzene rings is 1. The number of aryl methyl sites for hydroxylation is 2. The maximum atomic E-state index is 12.5. The minimum atomic E-state index is -0.114. The highest BCUT2D eigenvalue weighted by Gasteiger charge is 2.17. The molecule has 0 bridgehead atoms. The van der Waals surface area contributed by atoms with Crippen molar-refractivity contribution in [3.63, 3.8) is 0 Å². The average Bonchev–Trinajstić information content (AvgIpc) is 3.18. The number of carbonyl (C=O) groups is 1. The summed E-state index contributed by atoms with van der Waals surface area (Å²) in [5.41, 5.74) is 2.50. The zero-order valence-corrected chi connectivity index (χ0v) is 15.6. The number of hydrogen-bond donors (Lipinski definition) is 1. The van der Waals surface area contributed by atoms with E-state index < -0.39 is 0 Å². The average molecular weight is 364 g/mol. The summed E-state index contributed by atoms with van der Waals surface area (Å²) in [7, 11) is 0. The van der Waals surface area contributed by atoms with E-state index in [9.17, 15) is 4.79 Å². The van der Waals surface area contributed by atoms with Gasteiger partial charge in [-0.25, -0.2) is 4.98 Å². The van der Waals surface area contributed by atoms with Gasteiger partial charge >= 0.3 is 0 Å². The second-order valence-corrected chi connectivity index (χ2v) is 7.73. The Bertz CT molecular complexity index is 738. The maximum Gasteiger partial charge on any atom is 0.267 e. The highest BCUT2D eigenvalue weighted by Crippen LogP contribution is 2.23. The highest BCUT2D eigenvalue weighted by atomic mass is 35.5. The summed E-state index contributed by atoms with van der Waals surface area (Å²) in [6.07, 6.45) is 3.50. The number of nitrogens with zero attached hydrogens (tertiary/aromatic N) is 2. The Morgan fingerprint density at radius 1 is 1.33 bits per heavy atom. The van der Waals surface area contributed by atoms with E-state index in [4.69, 9.17) is 11.6 Å². The first-order chi connectivity index (χ1) is 11.5. The van der Waals surface area contributed by atoms with Crippen molar-refractivity contribution in [2.24, 2.45) is 0 Å². The first-order valence-electron chi connectivity index (χ1n) is 8.29. The number of nitrogens with one attached hydrogen (secondary N) is 1. The monoisotopic (exact) mass is 363 g/mol. The molecule has 0 aliphatic carbocycles. The number of rotatable bonds is 5. The van der Waals surface area contributed by atoms with Gasteiger partial charge < -0.3 is 10.2 Å². The van der Waals surface area contributed by atoms with Crippen LogP contribution in [-0.4, -0.2) is 35.4 Å². The summed E-state index contributed by atoms with van der Waals surface area (Å²) in [5.74, 6) is -0.114. The smallest absolute Gasteiger partial charge is 0.267 e. The van der Waals surface area contributed by atoms with Gasteiger partial charge in [0, 0.05) is 23.7 Å². The van der Waals surface area contributed by atoms with Crippen LogP contribution in [-0.2, 0) is 6.42 Å². The molecule has 4 nitrogen and oxygen atoms in total. The number of carbonyl (C=O) groups excluding carboxylic acids is 1. The van der Waals surface area contributed by atoms with Gasteiger partial charge in [-0.15, -0.1) is 11.3 Å². The van der Waals surface area contributed by atoms with Gasteiger partial charge in [0.05, 0.1) is 10.7 Å². The molecule has 1 aliphatic rings. The van der Waals surface area contributed by atoms with Crippen LogP contribution in [0, 0.1) is 13.8 Å². The van der Waals surface area contributed by atoms with Crippen LogP contribution in [0.3, 0.4) is 0 Å². The van der Waals surface area contributed by atoms with Crippen molar-refractivity contribution in [2.75, 3.05) is 25.0 Å². The van der Waals surface area contributed by atoms with E-state index in [1.54, 1.807) is 6.07 Å². The predicted octanol–water partition coefficient (Wildman–Crippen LogP) is 4.30. The van der Waals surface area contributed by atoms with E-state index in [0.717, 1.165) is 29.2 Å². The molecule has 1 aliphatic heterocycles. The molecule has 0 atom stereocenters. The normalized spacial score (nSPS) is 15.0. The zero-order chi connectivity index (χ0) is 17.1. The van der Waals surface area contributed by atoms with Crippen molar-refractivity contribution in [3.05, 3.63) is 44.4 Å². The molecule has 128 valence electrons. The number of halogens is 1. The lowest BCUT2D eigenvalue weighted by Gasteiger charge is -2.12. The van der Waals surface area contributed by atoms with Crippen LogP contribution >= 0.6 is 22.9 Å². The van der Waals surface area contributed by atoms with E-state index in [0.29, 0.717) is 15.6 Å². The van der Waals surface area contributed by atoms with Crippen LogP contribution in [0.5, 0.6) is 0 Å². The summed E-state index contributed by atoms with van der Waals surface area (Å²) in [5, 5.41) is 4.60. The molecule has 1 amide bonds. The van der Waals surface area contributed by atoms with Crippen molar-refractivity contribution < 1.29 is 4.79 Å². The second kappa shape index (κ2) is 7.64. The van der Waals surface area contributed by atoms with Gasteiger partial charge in [0.25, 0.3) is 5.91 Å². The summed E-state index contributed by atoms with van der Waals surface area (Å²) in [6, 6.07) is 5.54. The zero-order valence-electron chi connectivity index (χ0n) is 14.1. The van der Waals surface area contributed by atoms with Gasteiger partial charge in [-0.2, -0.15) is 0 Å². The van der Waals surface area contributed by atoms with E-state index in [1.165, 1.54) is 37.3 Å². The largest absolute Gasteiger partial charge is 0.321 e. The Labute approximate surface area is 151 Å². The molecule has 1 aromatic heterocycles. The number of likely N-dealkylation sites (tertiary alicyclic amines) is 1. The number of thiazole rings is 1. The molecule has 0 unspecified atom stereocenters. The maximum absolute atomic E-state index is 12.5. The van der Waals surface area contributed by atoms with Gasteiger partial charge in [0.2, 0.25) is 0 Å². The van der Waals surface area contributed by atoms with Gasteiger partial charge in [-0.05, 0) is 57.5 Å². The minimum absolute atomic E-state index is 0.114. The third-order valence-corrected chi connectivity index (χ3v) is 5.94. The van der Waals surface area contributed by atoms with Crippen LogP contribution in [0.1, 0.15) is 38.8 Å². The van der Waals surface area contributed by atoms with Crippen LogP contribution in [0.25, 0.3) is 0 Å². The van der Waals surface area contributed by atoms with Crippen molar-refractivity contribution in [1.29, 1.82) is 0 Å². The first kappa shape index (κ1) is 17.4. The van der Waals surface area contributed by atoms with Crippen LogP contribution in [0.4, 0.5) is 5.69 Å². The summed E-state index contributed by atoms with van der Waals surface area (Å²) in [4.78, 5) is 20.2. The number of anilines is 1. The van der Waals surface area contributed by atoms with Gasteiger partial charge in [0.15, 0.2) is 0 Å². The molecule has 1 saturated heterocycles. The van der Waals surface area contributed by atoms with Crippen LogP contribution in [0.15, 0.2) is 18.2 Å². The van der Waals surface area contributed by atoms with Crippen molar-refractivity contribution >= 4 is 34.5 Å². The Kier molecular flexibility index (Phi) is 5.54. The Hall–Kier alpha value is -1.43. The predicted molar refractivity (Wildman–Crippen MR) is 100 cm³/mol. The molecule has 0 radical (unpaired) electrons. The molecule has 2 heterocycles. The second-order valence-electron chi connectivity index (χ2n) is 6.24. The fraction of sp³-hybridized carbons (Fsp3) is 0.444. The van der Waals surface area contributed by atoms with Gasteiger partial charge in [-0.1, -0.05) is 17.7 Å². The van der Waals surface area contributed by atoms with Crippen molar-refractivity contribution in [2.45, 2.75) is 33.1 Å². The number of amides is 1. The van der Waals surface area contributed by atoms with E-state index in [-0.39, 0.29) is 5.91 Å². The molecule has 1 aromatic carbocycles. The summed E-state index contributed by atoms with van der Waals surface area (Å²) < 4.78 is 0. The molecule has 3 rings (SSSR count). The van der Waals surface area contributed by atoms with Gasteiger partial charge in [0.1, 0.15) is 4.88 Å². The Morgan fingerprint density at radius 3 is 2.79 bits per heavy atom. The van der Waals surface area contributed by atoms with E-state index in [2.05, 4.69) is 15.2 Å². The molecule has 1 fully saturated rings. The lowest BCUT2D eigenvalue weighted by atomic mass is 10.2. The third kappa shape index (κ3) is 4.15. The lowest BCUT2D eigenvalue weighted by molar-refractivity contribution is 0.103.